The van der Waals surface area contributed by atoms with E-state index in [2.05, 4.69) is 6.08 Å². The van der Waals surface area contributed by atoms with E-state index in [-0.39, 0.29) is 11.8 Å². The first-order valence-corrected chi connectivity index (χ1v) is 8.83. The van der Waals surface area contributed by atoms with Crippen molar-refractivity contribution in [3.63, 3.8) is 0 Å². The Hall–Kier alpha value is -2.10. The highest BCUT2D eigenvalue weighted by atomic mass is 16.2. The molecule has 1 aromatic rings. The number of hydrogen-bond acceptors (Lipinski definition) is 2. The van der Waals surface area contributed by atoms with Gasteiger partial charge in [0.1, 0.15) is 0 Å². The van der Waals surface area contributed by atoms with Gasteiger partial charge in [-0.3, -0.25) is 9.59 Å². The lowest BCUT2D eigenvalue weighted by atomic mass is 9.97. The van der Waals surface area contributed by atoms with Gasteiger partial charge in [-0.2, -0.15) is 0 Å². The minimum Gasteiger partial charge on any atom is -0.342 e. The van der Waals surface area contributed by atoms with Gasteiger partial charge in [0.05, 0.1) is 0 Å². The van der Waals surface area contributed by atoms with Gasteiger partial charge < -0.3 is 9.80 Å². The van der Waals surface area contributed by atoms with Crippen molar-refractivity contribution in [3.05, 3.63) is 42.0 Å². The zero-order valence-corrected chi connectivity index (χ0v) is 14.8. The van der Waals surface area contributed by atoms with Crippen molar-refractivity contribution in [3.8, 4) is 0 Å². The summed E-state index contributed by atoms with van der Waals surface area (Å²) in [5.74, 6) is 0.0749. The maximum Gasteiger partial charge on any atom is 0.228 e. The first-order chi connectivity index (χ1) is 11.6. The van der Waals surface area contributed by atoms with E-state index in [4.69, 9.17) is 0 Å². The highest BCUT2D eigenvalue weighted by molar-refractivity contribution is 5.93. The SMILES string of the molecule is CC(=O)N(CCC(=O)N(C)c1ccccc1)CCC1=CCCCC1. The number of benzene rings is 1. The molecule has 0 aromatic heterocycles. The molecular weight excluding hydrogens is 300 g/mol. The van der Waals surface area contributed by atoms with E-state index in [9.17, 15) is 9.59 Å². The van der Waals surface area contributed by atoms with Gasteiger partial charge in [0, 0.05) is 39.2 Å². The van der Waals surface area contributed by atoms with Gasteiger partial charge in [-0.25, -0.2) is 0 Å². The van der Waals surface area contributed by atoms with Crippen molar-refractivity contribution < 1.29 is 9.59 Å². The van der Waals surface area contributed by atoms with Crippen molar-refractivity contribution in [1.82, 2.24) is 4.90 Å². The highest BCUT2D eigenvalue weighted by Gasteiger charge is 2.15. The minimum absolute atomic E-state index is 0.0318. The molecule has 2 rings (SSSR count). The Morgan fingerprint density at radius 1 is 1.08 bits per heavy atom. The first-order valence-electron chi connectivity index (χ1n) is 8.83. The summed E-state index contributed by atoms with van der Waals surface area (Å²) in [6.07, 6.45) is 8.45. The van der Waals surface area contributed by atoms with Crippen molar-refractivity contribution >= 4 is 17.5 Å². The van der Waals surface area contributed by atoms with Crippen LogP contribution < -0.4 is 4.90 Å². The molecule has 130 valence electrons. The van der Waals surface area contributed by atoms with E-state index in [1.165, 1.54) is 18.4 Å². The molecule has 0 N–H and O–H groups in total. The fraction of sp³-hybridized carbons (Fsp3) is 0.500. The quantitative estimate of drug-likeness (QED) is 0.715. The Bertz CT molecular complexity index is 581. The summed E-state index contributed by atoms with van der Waals surface area (Å²) in [6, 6.07) is 9.59. The lowest BCUT2D eigenvalue weighted by Crippen LogP contribution is -2.35. The van der Waals surface area contributed by atoms with Crippen LogP contribution in [-0.2, 0) is 9.59 Å². The zero-order valence-electron chi connectivity index (χ0n) is 14.8. The van der Waals surface area contributed by atoms with E-state index >= 15 is 0 Å². The molecule has 0 spiro atoms. The second-order valence-corrected chi connectivity index (χ2v) is 6.40. The Morgan fingerprint density at radius 3 is 2.46 bits per heavy atom. The van der Waals surface area contributed by atoms with E-state index in [0.29, 0.717) is 19.5 Å². The number of amides is 2. The number of para-hydroxylation sites is 1. The summed E-state index contributed by atoms with van der Waals surface area (Å²) in [7, 11) is 1.78. The number of carbonyl (C=O) groups is 2. The lowest BCUT2D eigenvalue weighted by Gasteiger charge is -2.24. The fourth-order valence-electron chi connectivity index (χ4n) is 3.03. The summed E-state index contributed by atoms with van der Waals surface area (Å²) in [5.41, 5.74) is 2.34. The lowest BCUT2D eigenvalue weighted by molar-refractivity contribution is -0.129. The zero-order chi connectivity index (χ0) is 17.4. The monoisotopic (exact) mass is 328 g/mol. The summed E-state index contributed by atoms with van der Waals surface area (Å²) < 4.78 is 0. The van der Waals surface area contributed by atoms with Crippen molar-refractivity contribution in [2.24, 2.45) is 0 Å². The molecule has 0 aliphatic heterocycles. The molecule has 1 aliphatic carbocycles. The highest BCUT2D eigenvalue weighted by Crippen LogP contribution is 2.20. The first kappa shape index (κ1) is 18.2. The molecular formula is C20H28N2O2. The Kier molecular flexibility index (Phi) is 7.04. The van der Waals surface area contributed by atoms with Crippen LogP contribution in [0, 0.1) is 0 Å². The molecule has 0 saturated carbocycles. The molecule has 0 saturated heterocycles. The van der Waals surface area contributed by atoms with Gasteiger partial charge in [-0.15, -0.1) is 0 Å². The van der Waals surface area contributed by atoms with Crippen molar-refractivity contribution in [2.45, 2.75) is 45.4 Å². The molecule has 0 heterocycles. The number of hydrogen-bond donors (Lipinski definition) is 0. The van der Waals surface area contributed by atoms with Crippen LogP contribution in [0.5, 0.6) is 0 Å². The molecule has 1 aliphatic rings. The second kappa shape index (κ2) is 9.26. The van der Waals surface area contributed by atoms with Crippen LogP contribution in [-0.4, -0.2) is 36.9 Å². The minimum atomic E-state index is 0.0318. The molecule has 0 radical (unpaired) electrons. The number of rotatable bonds is 7. The molecule has 24 heavy (non-hydrogen) atoms. The number of anilines is 1. The topological polar surface area (TPSA) is 40.6 Å². The predicted octanol–water partition coefficient (Wildman–Crippen LogP) is 3.78. The third-order valence-corrected chi connectivity index (χ3v) is 4.65. The summed E-state index contributed by atoms with van der Waals surface area (Å²) in [5, 5.41) is 0. The van der Waals surface area contributed by atoms with Gasteiger partial charge in [0.15, 0.2) is 0 Å². The summed E-state index contributed by atoms with van der Waals surface area (Å²) in [6.45, 7) is 2.78. The number of carbonyl (C=O) groups excluding carboxylic acids is 2. The Labute approximate surface area is 145 Å². The molecule has 0 atom stereocenters. The van der Waals surface area contributed by atoms with Gasteiger partial charge >= 0.3 is 0 Å². The third-order valence-electron chi connectivity index (χ3n) is 4.65. The molecule has 2 amide bonds. The average Bonchev–Trinajstić information content (AvgIpc) is 2.62. The van der Waals surface area contributed by atoms with Gasteiger partial charge in [-0.1, -0.05) is 29.8 Å². The van der Waals surface area contributed by atoms with Crippen LogP contribution in [0.3, 0.4) is 0 Å². The molecule has 0 unspecified atom stereocenters. The van der Waals surface area contributed by atoms with Crippen molar-refractivity contribution in [2.75, 3.05) is 25.0 Å². The van der Waals surface area contributed by atoms with Crippen LogP contribution >= 0.6 is 0 Å². The molecule has 0 fully saturated rings. The van der Waals surface area contributed by atoms with Gasteiger partial charge in [0.2, 0.25) is 11.8 Å². The van der Waals surface area contributed by atoms with Crippen LogP contribution in [0.4, 0.5) is 5.69 Å². The maximum absolute atomic E-state index is 12.4. The second-order valence-electron chi connectivity index (χ2n) is 6.40. The number of nitrogens with zero attached hydrogens (tertiary/aromatic N) is 2. The van der Waals surface area contributed by atoms with Crippen LogP contribution in [0.2, 0.25) is 0 Å². The van der Waals surface area contributed by atoms with E-state index in [1.807, 2.05) is 30.3 Å². The van der Waals surface area contributed by atoms with Crippen LogP contribution in [0.25, 0.3) is 0 Å². The summed E-state index contributed by atoms with van der Waals surface area (Å²) >= 11 is 0. The van der Waals surface area contributed by atoms with Gasteiger partial charge in [-0.05, 0) is 44.2 Å². The Morgan fingerprint density at radius 2 is 1.83 bits per heavy atom. The summed E-state index contributed by atoms with van der Waals surface area (Å²) in [4.78, 5) is 27.7. The van der Waals surface area contributed by atoms with Crippen LogP contribution in [0.1, 0.15) is 45.4 Å². The standard InChI is InChI=1S/C20H28N2O2/c1-17(23)22(15-13-18-9-5-3-6-10-18)16-14-20(24)21(2)19-11-7-4-8-12-19/h4,7-9,11-12H,3,5-6,10,13-16H2,1-2H3. The van der Waals surface area contributed by atoms with E-state index < -0.39 is 0 Å². The van der Waals surface area contributed by atoms with Crippen LogP contribution in [0.15, 0.2) is 42.0 Å². The van der Waals surface area contributed by atoms with E-state index in [1.54, 1.807) is 23.8 Å². The molecule has 4 nitrogen and oxygen atoms in total. The molecule has 1 aromatic carbocycles. The average molecular weight is 328 g/mol. The predicted molar refractivity (Wildman–Crippen MR) is 97.9 cm³/mol. The third kappa shape index (κ3) is 5.52. The Balaban J connectivity index is 1.83. The maximum atomic E-state index is 12.4. The molecule has 0 bridgehead atoms. The fourth-order valence-corrected chi connectivity index (χ4v) is 3.03. The number of allylic oxidation sites excluding steroid dienone is 1. The van der Waals surface area contributed by atoms with Crippen molar-refractivity contribution in [1.29, 1.82) is 0 Å². The molecule has 4 heteroatoms. The smallest absolute Gasteiger partial charge is 0.228 e. The van der Waals surface area contributed by atoms with Gasteiger partial charge in [0.25, 0.3) is 0 Å². The normalized spacial score (nSPS) is 14.0. The largest absolute Gasteiger partial charge is 0.342 e. The van der Waals surface area contributed by atoms with E-state index in [0.717, 1.165) is 24.9 Å².